The highest BCUT2D eigenvalue weighted by Gasteiger charge is 2.11. The van der Waals surface area contributed by atoms with Crippen LogP contribution in [0.15, 0.2) is 28.7 Å². The van der Waals surface area contributed by atoms with E-state index in [9.17, 15) is 9.90 Å². The third-order valence-electron chi connectivity index (χ3n) is 2.62. The van der Waals surface area contributed by atoms with Gasteiger partial charge in [-0.1, -0.05) is 41.4 Å². The molecular formula is C14H19BrO3. The maximum absolute atomic E-state index is 11.4. The molecule has 1 atom stereocenters. The Hall–Kier alpha value is -0.870. The largest absolute Gasteiger partial charge is 0.466 e. The first-order valence-corrected chi connectivity index (χ1v) is 7.02. The molecule has 0 bridgehead atoms. The van der Waals surface area contributed by atoms with Gasteiger partial charge in [-0.2, -0.15) is 0 Å². The topological polar surface area (TPSA) is 46.5 Å². The number of aliphatic hydroxyl groups is 1. The van der Waals surface area contributed by atoms with Crippen LogP contribution in [0.5, 0.6) is 0 Å². The summed E-state index contributed by atoms with van der Waals surface area (Å²) in [6.45, 7) is 2.52. The minimum atomic E-state index is -0.624. The highest BCUT2D eigenvalue weighted by Crippen LogP contribution is 2.21. The molecule has 1 aromatic carbocycles. The second kappa shape index (κ2) is 8.27. The summed E-state index contributed by atoms with van der Waals surface area (Å²) in [5.41, 5.74) is 0.811. The molecule has 0 aromatic heterocycles. The van der Waals surface area contributed by atoms with Gasteiger partial charge in [0.25, 0.3) is 0 Å². The number of carbonyl (C=O) groups excluding carboxylic acids is 1. The van der Waals surface area contributed by atoms with Crippen molar-refractivity contribution in [3.8, 4) is 0 Å². The SMILES string of the molecule is CCCCOC(=O)CCC(O)c1cccc(Br)c1. The molecule has 1 rings (SSSR count). The lowest BCUT2D eigenvalue weighted by Crippen LogP contribution is -2.08. The zero-order valence-corrected chi connectivity index (χ0v) is 12.1. The maximum atomic E-state index is 11.4. The third kappa shape index (κ3) is 5.65. The summed E-state index contributed by atoms with van der Waals surface area (Å²) in [5.74, 6) is -0.238. The fourth-order valence-corrected chi connectivity index (χ4v) is 1.95. The van der Waals surface area contributed by atoms with Crippen molar-refractivity contribution in [3.63, 3.8) is 0 Å². The lowest BCUT2D eigenvalue weighted by Gasteiger charge is -2.11. The van der Waals surface area contributed by atoms with Crippen LogP contribution < -0.4 is 0 Å². The average Bonchev–Trinajstić information content (AvgIpc) is 2.36. The second-order valence-electron chi connectivity index (χ2n) is 4.18. The first-order valence-electron chi connectivity index (χ1n) is 6.22. The number of esters is 1. The predicted molar refractivity (Wildman–Crippen MR) is 74.2 cm³/mol. The van der Waals surface area contributed by atoms with Gasteiger partial charge in [-0.15, -0.1) is 0 Å². The van der Waals surface area contributed by atoms with Crippen LogP contribution in [-0.4, -0.2) is 17.7 Å². The average molecular weight is 315 g/mol. The lowest BCUT2D eigenvalue weighted by atomic mass is 10.1. The Balaban J connectivity index is 2.32. The molecule has 1 aromatic rings. The highest BCUT2D eigenvalue weighted by atomic mass is 79.9. The molecule has 0 saturated carbocycles. The first-order chi connectivity index (χ1) is 8.63. The molecule has 0 saturated heterocycles. The minimum Gasteiger partial charge on any atom is -0.466 e. The van der Waals surface area contributed by atoms with E-state index in [0.29, 0.717) is 13.0 Å². The number of ether oxygens (including phenoxy) is 1. The van der Waals surface area contributed by atoms with Crippen LogP contribution >= 0.6 is 15.9 Å². The lowest BCUT2D eigenvalue weighted by molar-refractivity contribution is -0.144. The summed E-state index contributed by atoms with van der Waals surface area (Å²) >= 11 is 3.35. The molecule has 0 aliphatic carbocycles. The summed E-state index contributed by atoms with van der Waals surface area (Å²) in [5, 5.41) is 9.94. The maximum Gasteiger partial charge on any atom is 0.305 e. The Labute approximate surface area is 116 Å². The standard InChI is InChI=1S/C14H19BrO3/c1-2-3-9-18-14(17)8-7-13(16)11-5-4-6-12(15)10-11/h4-6,10,13,16H,2-3,7-9H2,1H3. The molecule has 1 N–H and O–H groups in total. The molecule has 18 heavy (non-hydrogen) atoms. The van der Waals surface area contributed by atoms with E-state index >= 15 is 0 Å². The number of carbonyl (C=O) groups is 1. The van der Waals surface area contributed by atoms with Gasteiger partial charge in [-0.05, 0) is 30.5 Å². The van der Waals surface area contributed by atoms with Crippen LogP contribution in [-0.2, 0) is 9.53 Å². The number of benzene rings is 1. The van der Waals surface area contributed by atoms with Crippen LogP contribution in [0.3, 0.4) is 0 Å². The van der Waals surface area contributed by atoms with Gasteiger partial charge in [0.15, 0.2) is 0 Å². The van der Waals surface area contributed by atoms with Crippen molar-refractivity contribution in [3.05, 3.63) is 34.3 Å². The Kier molecular flexibility index (Phi) is 6.98. The summed E-state index contributed by atoms with van der Waals surface area (Å²) in [6, 6.07) is 7.46. The normalized spacial score (nSPS) is 12.2. The van der Waals surface area contributed by atoms with Gasteiger partial charge in [-0.3, -0.25) is 4.79 Å². The van der Waals surface area contributed by atoms with Gasteiger partial charge in [-0.25, -0.2) is 0 Å². The molecule has 0 heterocycles. The summed E-state index contributed by atoms with van der Waals surface area (Å²) in [7, 11) is 0. The van der Waals surface area contributed by atoms with Crippen LogP contribution in [0.2, 0.25) is 0 Å². The van der Waals surface area contributed by atoms with Crippen molar-refractivity contribution in [1.29, 1.82) is 0 Å². The van der Waals surface area contributed by atoms with Crippen LogP contribution in [0.4, 0.5) is 0 Å². The first kappa shape index (κ1) is 15.2. The van der Waals surface area contributed by atoms with Crippen molar-refractivity contribution in [1.82, 2.24) is 0 Å². The van der Waals surface area contributed by atoms with E-state index in [-0.39, 0.29) is 12.4 Å². The van der Waals surface area contributed by atoms with E-state index in [1.807, 2.05) is 31.2 Å². The van der Waals surface area contributed by atoms with Gasteiger partial charge >= 0.3 is 5.97 Å². The Bertz CT molecular complexity index is 379. The molecule has 3 nitrogen and oxygen atoms in total. The van der Waals surface area contributed by atoms with E-state index in [1.54, 1.807) is 0 Å². The Morgan fingerprint density at radius 1 is 1.50 bits per heavy atom. The zero-order valence-electron chi connectivity index (χ0n) is 10.6. The van der Waals surface area contributed by atoms with E-state index in [2.05, 4.69) is 15.9 Å². The van der Waals surface area contributed by atoms with Crippen molar-refractivity contribution in [2.45, 2.75) is 38.7 Å². The molecule has 0 spiro atoms. The number of unbranched alkanes of at least 4 members (excludes halogenated alkanes) is 1. The number of aliphatic hydroxyl groups excluding tert-OH is 1. The number of hydrogen-bond acceptors (Lipinski definition) is 3. The molecule has 0 radical (unpaired) electrons. The highest BCUT2D eigenvalue weighted by molar-refractivity contribution is 9.10. The van der Waals surface area contributed by atoms with Crippen LogP contribution in [0.25, 0.3) is 0 Å². The van der Waals surface area contributed by atoms with E-state index in [4.69, 9.17) is 4.74 Å². The van der Waals surface area contributed by atoms with Crippen molar-refractivity contribution in [2.24, 2.45) is 0 Å². The van der Waals surface area contributed by atoms with E-state index < -0.39 is 6.10 Å². The van der Waals surface area contributed by atoms with Gasteiger partial charge in [0.1, 0.15) is 0 Å². The molecule has 4 heteroatoms. The molecule has 0 aliphatic rings. The van der Waals surface area contributed by atoms with E-state index in [1.165, 1.54) is 0 Å². The quantitative estimate of drug-likeness (QED) is 0.618. The van der Waals surface area contributed by atoms with Gasteiger partial charge in [0.2, 0.25) is 0 Å². The number of halogens is 1. The van der Waals surface area contributed by atoms with E-state index in [0.717, 1.165) is 22.9 Å². The summed E-state index contributed by atoms with van der Waals surface area (Å²) in [6.07, 6.45) is 1.91. The minimum absolute atomic E-state index is 0.238. The van der Waals surface area contributed by atoms with Crippen LogP contribution in [0.1, 0.15) is 44.3 Å². The predicted octanol–water partition coefficient (Wildman–Crippen LogP) is 3.61. The fourth-order valence-electron chi connectivity index (χ4n) is 1.54. The zero-order chi connectivity index (χ0) is 13.4. The van der Waals surface area contributed by atoms with Crippen molar-refractivity contribution in [2.75, 3.05) is 6.61 Å². The number of rotatable bonds is 7. The summed E-state index contributed by atoms with van der Waals surface area (Å²) in [4.78, 5) is 11.4. The van der Waals surface area contributed by atoms with Crippen molar-refractivity contribution < 1.29 is 14.6 Å². The van der Waals surface area contributed by atoms with Gasteiger partial charge in [0, 0.05) is 10.9 Å². The summed E-state index contributed by atoms with van der Waals surface area (Å²) < 4.78 is 5.95. The van der Waals surface area contributed by atoms with Crippen molar-refractivity contribution >= 4 is 21.9 Å². The Morgan fingerprint density at radius 3 is 2.94 bits per heavy atom. The number of hydrogen-bond donors (Lipinski definition) is 1. The molecule has 0 fully saturated rings. The third-order valence-corrected chi connectivity index (χ3v) is 3.11. The smallest absolute Gasteiger partial charge is 0.305 e. The molecule has 0 amide bonds. The van der Waals surface area contributed by atoms with Crippen LogP contribution in [0, 0.1) is 0 Å². The van der Waals surface area contributed by atoms with Gasteiger partial charge < -0.3 is 9.84 Å². The van der Waals surface area contributed by atoms with Gasteiger partial charge in [0.05, 0.1) is 12.7 Å². The molecule has 1 unspecified atom stereocenters. The Morgan fingerprint density at radius 2 is 2.28 bits per heavy atom. The monoisotopic (exact) mass is 314 g/mol. The fraction of sp³-hybridized carbons (Fsp3) is 0.500. The molecular weight excluding hydrogens is 296 g/mol. The molecule has 0 aliphatic heterocycles. The second-order valence-corrected chi connectivity index (χ2v) is 5.10. The molecule has 100 valence electrons.